The Labute approximate surface area is 192 Å². The second-order valence-corrected chi connectivity index (χ2v) is 8.23. The summed E-state index contributed by atoms with van der Waals surface area (Å²) < 4.78 is 11.2. The molecule has 170 valence electrons. The van der Waals surface area contributed by atoms with Crippen molar-refractivity contribution < 1.29 is 19.7 Å². The zero-order valence-corrected chi connectivity index (χ0v) is 19.5. The quantitative estimate of drug-likeness (QED) is 0.356. The summed E-state index contributed by atoms with van der Waals surface area (Å²) in [6, 6.07) is 10.1. The number of phenolic OH excluding ortho intramolecular Hbond substituents is 2. The number of nitrogens with zero attached hydrogens (tertiary/aromatic N) is 3. The number of hydrogen-bond donors (Lipinski definition) is 2. The van der Waals surface area contributed by atoms with Crippen LogP contribution in [0.1, 0.15) is 40.0 Å². The topological polar surface area (TPSA) is 97.6 Å². The van der Waals surface area contributed by atoms with Crippen molar-refractivity contribution in [3.63, 3.8) is 0 Å². The first-order chi connectivity index (χ1) is 15.5. The van der Waals surface area contributed by atoms with Gasteiger partial charge < -0.3 is 19.7 Å². The molecule has 2 aromatic carbocycles. The lowest BCUT2D eigenvalue weighted by Crippen LogP contribution is -2.01. The van der Waals surface area contributed by atoms with Gasteiger partial charge in [0, 0.05) is 17.9 Å². The molecule has 0 aliphatic heterocycles. The van der Waals surface area contributed by atoms with Gasteiger partial charge in [0.15, 0.2) is 16.8 Å². The van der Waals surface area contributed by atoms with Crippen LogP contribution in [0.3, 0.4) is 0 Å². The molecule has 1 heterocycles. The highest BCUT2D eigenvalue weighted by Gasteiger charge is 2.17. The average Bonchev–Trinajstić information content (AvgIpc) is 2.80. The van der Waals surface area contributed by atoms with Crippen LogP contribution in [0.25, 0.3) is 22.8 Å². The van der Waals surface area contributed by atoms with Crippen LogP contribution in [0.15, 0.2) is 41.6 Å². The monoisotopic (exact) mass is 455 g/mol. The first-order valence-electron chi connectivity index (χ1n) is 10.9. The number of rotatable bonds is 11. The van der Waals surface area contributed by atoms with Crippen LogP contribution in [0.5, 0.6) is 23.0 Å². The molecule has 0 saturated heterocycles. The number of phenols is 2. The van der Waals surface area contributed by atoms with Crippen molar-refractivity contribution in [2.45, 2.75) is 45.2 Å². The van der Waals surface area contributed by atoms with E-state index in [1.807, 2.05) is 13.8 Å². The molecule has 2 N–H and O–H groups in total. The Bertz CT molecular complexity index is 970. The van der Waals surface area contributed by atoms with Crippen molar-refractivity contribution in [3.05, 3.63) is 36.4 Å². The summed E-state index contributed by atoms with van der Waals surface area (Å²) in [5.41, 5.74) is 0.941. The summed E-state index contributed by atoms with van der Waals surface area (Å²) in [4.78, 5) is 13.6. The largest absolute Gasteiger partial charge is 0.507 e. The molecule has 0 fully saturated rings. The van der Waals surface area contributed by atoms with Crippen molar-refractivity contribution in [3.8, 4) is 45.8 Å². The lowest BCUT2D eigenvalue weighted by atomic mass is 10.1. The number of aromatic hydroxyl groups is 2. The molecule has 32 heavy (non-hydrogen) atoms. The fourth-order valence-corrected chi connectivity index (χ4v) is 3.56. The van der Waals surface area contributed by atoms with Gasteiger partial charge in [-0.25, -0.2) is 15.0 Å². The molecular formula is C24H29N3O4S. The molecule has 1 aromatic heterocycles. The normalized spacial score (nSPS) is 10.8. The summed E-state index contributed by atoms with van der Waals surface area (Å²) in [5.74, 6) is 2.72. The highest BCUT2D eigenvalue weighted by atomic mass is 32.2. The predicted molar refractivity (Wildman–Crippen MR) is 127 cm³/mol. The van der Waals surface area contributed by atoms with Crippen LogP contribution in [-0.4, -0.2) is 44.1 Å². The molecule has 0 bridgehead atoms. The lowest BCUT2D eigenvalue weighted by molar-refractivity contribution is 0.315. The molecule has 0 aliphatic rings. The summed E-state index contributed by atoms with van der Waals surface area (Å²) >= 11 is 1.50. The fraction of sp³-hybridized carbons (Fsp3) is 0.375. The van der Waals surface area contributed by atoms with Gasteiger partial charge in [0.1, 0.15) is 23.0 Å². The molecule has 0 amide bonds. The standard InChI is InChI=1S/C24H29N3O4S/c1-4-11-30-16-7-9-18(20(28)14-16)22-25-23(27-24(26-22)32-13-6-3)19-10-8-17(15-21(19)29)31-12-5-2/h7-10,14-15,28-29H,4-6,11-13H2,1-3H3. The van der Waals surface area contributed by atoms with Crippen molar-refractivity contribution in [2.24, 2.45) is 0 Å². The smallest absolute Gasteiger partial charge is 0.191 e. The second kappa shape index (κ2) is 11.6. The van der Waals surface area contributed by atoms with E-state index in [-0.39, 0.29) is 11.5 Å². The minimum absolute atomic E-state index is 0.0229. The fourth-order valence-electron chi connectivity index (χ4n) is 2.88. The molecule has 7 nitrogen and oxygen atoms in total. The third-order valence-corrected chi connectivity index (χ3v) is 5.47. The Morgan fingerprint density at radius 1 is 0.719 bits per heavy atom. The molecular weight excluding hydrogens is 426 g/mol. The SMILES string of the molecule is CCCOc1ccc(-c2nc(SCCC)nc(-c3ccc(OCCC)cc3O)n2)c(O)c1. The van der Waals surface area contributed by atoms with E-state index in [9.17, 15) is 10.2 Å². The average molecular weight is 456 g/mol. The van der Waals surface area contributed by atoms with Crippen LogP contribution in [0, 0.1) is 0 Å². The van der Waals surface area contributed by atoms with Crippen molar-refractivity contribution in [1.29, 1.82) is 0 Å². The number of hydrogen-bond acceptors (Lipinski definition) is 8. The maximum Gasteiger partial charge on any atom is 0.191 e. The molecule has 3 aromatic rings. The Balaban J connectivity index is 2.01. The molecule has 3 rings (SSSR count). The van der Waals surface area contributed by atoms with Crippen LogP contribution < -0.4 is 9.47 Å². The number of thioether (sulfide) groups is 1. The third-order valence-electron chi connectivity index (χ3n) is 4.42. The maximum absolute atomic E-state index is 10.6. The Morgan fingerprint density at radius 3 is 1.62 bits per heavy atom. The van der Waals surface area contributed by atoms with E-state index >= 15 is 0 Å². The van der Waals surface area contributed by atoms with Crippen molar-refractivity contribution in [1.82, 2.24) is 15.0 Å². The number of aromatic nitrogens is 3. The zero-order chi connectivity index (χ0) is 22.9. The van der Waals surface area contributed by atoms with Gasteiger partial charge in [0.25, 0.3) is 0 Å². The van der Waals surface area contributed by atoms with Gasteiger partial charge in [-0.3, -0.25) is 0 Å². The van der Waals surface area contributed by atoms with E-state index in [2.05, 4.69) is 21.9 Å². The summed E-state index contributed by atoms with van der Waals surface area (Å²) in [5, 5.41) is 21.7. The van der Waals surface area contributed by atoms with Gasteiger partial charge in [-0.15, -0.1) is 0 Å². The Hall–Kier alpha value is -3.00. The van der Waals surface area contributed by atoms with Crippen LogP contribution >= 0.6 is 11.8 Å². The first-order valence-corrected chi connectivity index (χ1v) is 11.9. The van der Waals surface area contributed by atoms with E-state index in [0.29, 0.717) is 52.6 Å². The number of benzene rings is 2. The van der Waals surface area contributed by atoms with E-state index in [0.717, 1.165) is 25.0 Å². The van der Waals surface area contributed by atoms with Gasteiger partial charge in [0.05, 0.1) is 24.3 Å². The molecule has 0 spiro atoms. The Morgan fingerprint density at radius 2 is 1.22 bits per heavy atom. The Kier molecular flexibility index (Phi) is 8.56. The molecule has 0 radical (unpaired) electrons. The van der Waals surface area contributed by atoms with E-state index in [4.69, 9.17) is 9.47 Å². The zero-order valence-electron chi connectivity index (χ0n) is 18.7. The van der Waals surface area contributed by atoms with Gasteiger partial charge >= 0.3 is 0 Å². The van der Waals surface area contributed by atoms with Crippen LogP contribution in [-0.2, 0) is 0 Å². The van der Waals surface area contributed by atoms with E-state index in [1.54, 1.807) is 36.4 Å². The highest BCUT2D eigenvalue weighted by Crippen LogP contribution is 2.35. The molecule has 0 atom stereocenters. The third kappa shape index (κ3) is 6.03. The highest BCUT2D eigenvalue weighted by molar-refractivity contribution is 7.99. The predicted octanol–water partition coefficient (Wildman–Crippen LogP) is 5.70. The van der Waals surface area contributed by atoms with Gasteiger partial charge in [0.2, 0.25) is 0 Å². The first kappa shape index (κ1) is 23.7. The maximum atomic E-state index is 10.6. The molecule has 0 unspecified atom stereocenters. The van der Waals surface area contributed by atoms with Crippen LogP contribution in [0.2, 0.25) is 0 Å². The van der Waals surface area contributed by atoms with Gasteiger partial charge in [-0.05, 0) is 43.5 Å². The van der Waals surface area contributed by atoms with Crippen molar-refractivity contribution in [2.75, 3.05) is 19.0 Å². The number of ether oxygens (including phenoxy) is 2. The minimum Gasteiger partial charge on any atom is -0.507 e. The van der Waals surface area contributed by atoms with Crippen molar-refractivity contribution >= 4 is 11.8 Å². The van der Waals surface area contributed by atoms with E-state index < -0.39 is 0 Å². The van der Waals surface area contributed by atoms with Gasteiger partial charge in [-0.2, -0.15) is 0 Å². The summed E-state index contributed by atoms with van der Waals surface area (Å²) in [7, 11) is 0. The molecule has 8 heteroatoms. The summed E-state index contributed by atoms with van der Waals surface area (Å²) in [6.45, 7) is 7.27. The molecule has 0 saturated carbocycles. The molecule has 0 aliphatic carbocycles. The second-order valence-electron chi connectivity index (χ2n) is 7.17. The van der Waals surface area contributed by atoms with Crippen LogP contribution in [0.4, 0.5) is 0 Å². The van der Waals surface area contributed by atoms with E-state index in [1.165, 1.54) is 11.8 Å². The van der Waals surface area contributed by atoms with Gasteiger partial charge in [-0.1, -0.05) is 32.5 Å². The lowest BCUT2D eigenvalue weighted by Gasteiger charge is -2.11. The minimum atomic E-state index is 0.0229. The summed E-state index contributed by atoms with van der Waals surface area (Å²) in [6.07, 6.45) is 2.72.